The van der Waals surface area contributed by atoms with Gasteiger partial charge < -0.3 is 14.7 Å². The number of amides is 1. The first-order valence-corrected chi connectivity index (χ1v) is 8.55. The number of aliphatic hydroxyl groups is 1. The largest absolute Gasteiger partial charge is 0.391 e. The van der Waals surface area contributed by atoms with E-state index in [1.807, 2.05) is 4.90 Å². The molecule has 3 fully saturated rings. The van der Waals surface area contributed by atoms with E-state index in [0.29, 0.717) is 12.1 Å². The maximum Gasteiger partial charge on any atom is 0.248 e. The minimum atomic E-state index is -0.169. The number of nitrogens with zero attached hydrogens (tertiary/aromatic N) is 2. The van der Waals surface area contributed by atoms with E-state index in [-0.39, 0.29) is 18.6 Å². The summed E-state index contributed by atoms with van der Waals surface area (Å²) in [6, 6.07) is 0.317. The summed E-state index contributed by atoms with van der Waals surface area (Å²) in [5, 5.41) is 9.98. The highest BCUT2D eigenvalue weighted by Crippen LogP contribution is 2.25. The Kier molecular flexibility index (Phi) is 5.14. The molecule has 5 heteroatoms. The van der Waals surface area contributed by atoms with Crippen LogP contribution in [0.4, 0.5) is 0 Å². The lowest BCUT2D eigenvalue weighted by molar-refractivity contribution is -0.140. The van der Waals surface area contributed by atoms with Crippen molar-refractivity contribution in [1.29, 1.82) is 0 Å². The third-order valence-corrected chi connectivity index (χ3v) is 5.32. The van der Waals surface area contributed by atoms with Gasteiger partial charge in [-0.2, -0.15) is 0 Å². The summed E-state index contributed by atoms with van der Waals surface area (Å²) in [4.78, 5) is 16.5. The van der Waals surface area contributed by atoms with Crippen molar-refractivity contribution in [2.24, 2.45) is 0 Å². The summed E-state index contributed by atoms with van der Waals surface area (Å²) < 4.78 is 5.72. The van der Waals surface area contributed by atoms with Gasteiger partial charge in [0.15, 0.2) is 0 Å². The lowest BCUT2D eigenvalue weighted by Crippen LogP contribution is -2.54. The fourth-order valence-electron chi connectivity index (χ4n) is 3.99. The smallest absolute Gasteiger partial charge is 0.248 e. The lowest BCUT2D eigenvalue weighted by atomic mass is 10.1. The molecule has 2 aliphatic carbocycles. The molecule has 21 heavy (non-hydrogen) atoms. The van der Waals surface area contributed by atoms with Crippen LogP contribution in [0.5, 0.6) is 0 Å². The van der Waals surface area contributed by atoms with E-state index >= 15 is 0 Å². The highest BCUT2D eigenvalue weighted by Gasteiger charge is 2.33. The van der Waals surface area contributed by atoms with Crippen molar-refractivity contribution in [3.63, 3.8) is 0 Å². The number of hydrogen-bond acceptors (Lipinski definition) is 4. The summed E-state index contributed by atoms with van der Waals surface area (Å²) in [6.07, 6.45) is 7.99. The molecule has 0 unspecified atom stereocenters. The van der Waals surface area contributed by atoms with Gasteiger partial charge in [0.05, 0.1) is 12.2 Å². The van der Waals surface area contributed by atoms with Crippen LogP contribution in [0.15, 0.2) is 0 Å². The molecule has 3 aliphatic rings. The first-order chi connectivity index (χ1) is 10.2. The monoisotopic (exact) mass is 296 g/mol. The minimum absolute atomic E-state index is 0.133. The van der Waals surface area contributed by atoms with Crippen molar-refractivity contribution in [2.75, 3.05) is 32.8 Å². The summed E-state index contributed by atoms with van der Waals surface area (Å²) in [6.45, 7) is 3.57. The maximum atomic E-state index is 12.2. The Morgan fingerprint density at radius 1 is 1.00 bits per heavy atom. The van der Waals surface area contributed by atoms with E-state index in [4.69, 9.17) is 4.74 Å². The summed E-state index contributed by atoms with van der Waals surface area (Å²) in [7, 11) is 0. The van der Waals surface area contributed by atoms with Gasteiger partial charge in [-0.05, 0) is 32.1 Å². The van der Waals surface area contributed by atoms with Gasteiger partial charge >= 0.3 is 0 Å². The molecule has 2 atom stereocenters. The fraction of sp³-hybridized carbons (Fsp3) is 0.938. The van der Waals surface area contributed by atoms with Crippen LogP contribution >= 0.6 is 0 Å². The molecule has 1 N–H and O–H groups in total. The Hall–Kier alpha value is -0.650. The van der Waals surface area contributed by atoms with Gasteiger partial charge in [0.1, 0.15) is 6.61 Å². The molecular weight excluding hydrogens is 268 g/mol. The number of aliphatic hydroxyl groups excluding tert-OH is 1. The SMILES string of the molecule is O=C(COC1CCCC1)N1CCN([C@H]2CCC[C@@H]2O)CC1. The van der Waals surface area contributed by atoms with Crippen LogP contribution in [-0.4, -0.2) is 71.8 Å². The predicted octanol–water partition coefficient (Wildman–Crippen LogP) is 1.00. The molecule has 1 aliphatic heterocycles. The second kappa shape index (κ2) is 7.07. The third kappa shape index (κ3) is 3.76. The summed E-state index contributed by atoms with van der Waals surface area (Å²) >= 11 is 0. The van der Waals surface area contributed by atoms with Crippen molar-refractivity contribution in [3.05, 3.63) is 0 Å². The second-order valence-electron chi connectivity index (χ2n) is 6.70. The Labute approximate surface area is 127 Å². The second-order valence-corrected chi connectivity index (χ2v) is 6.70. The number of rotatable bonds is 4. The zero-order chi connectivity index (χ0) is 14.7. The average Bonchev–Trinajstić information content (AvgIpc) is 3.16. The summed E-state index contributed by atoms with van der Waals surface area (Å²) in [5.41, 5.74) is 0. The molecule has 1 heterocycles. The van der Waals surface area contributed by atoms with Gasteiger partial charge in [-0.15, -0.1) is 0 Å². The van der Waals surface area contributed by atoms with Crippen LogP contribution in [0, 0.1) is 0 Å². The van der Waals surface area contributed by atoms with Gasteiger partial charge in [0.25, 0.3) is 0 Å². The quantitative estimate of drug-likeness (QED) is 0.841. The molecule has 0 spiro atoms. The van der Waals surface area contributed by atoms with E-state index in [1.165, 1.54) is 12.8 Å². The molecule has 1 saturated heterocycles. The standard InChI is InChI=1S/C16H28N2O3/c19-15-7-3-6-14(15)17-8-10-18(11-9-17)16(20)12-21-13-4-1-2-5-13/h13-15,19H,1-12H2/t14-,15-/m0/s1. The third-order valence-electron chi connectivity index (χ3n) is 5.32. The fourth-order valence-corrected chi connectivity index (χ4v) is 3.99. The van der Waals surface area contributed by atoms with Crippen LogP contribution in [0.3, 0.4) is 0 Å². The number of carbonyl (C=O) groups excluding carboxylic acids is 1. The number of piperazine rings is 1. The molecule has 0 aromatic carbocycles. The van der Waals surface area contributed by atoms with Gasteiger partial charge in [-0.1, -0.05) is 12.8 Å². The zero-order valence-corrected chi connectivity index (χ0v) is 12.9. The van der Waals surface area contributed by atoms with E-state index < -0.39 is 0 Å². The van der Waals surface area contributed by atoms with Gasteiger partial charge in [0.2, 0.25) is 5.91 Å². The summed E-state index contributed by atoms with van der Waals surface area (Å²) in [5.74, 6) is 0.133. The molecule has 0 bridgehead atoms. The number of carbonyl (C=O) groups is 1. The molecule has 0 radical (unpaired) electrons. The maximum absolute atomic E-state index is 12.2. The highest BCUT2D eigenvalue weighted by molar-refractivity contribution is 5.77. The van der Waals surface area contributed by atoms with Crippen LogP contribution in [-0.2, 0) is 9.53 Å². The van der Waals surface area contributed by atoms with E-state index in [1.54, 1.807) is 0 Å². The molecule has 1 amide bonds. The molecule has 120 valence electrons. The zero-order valence-electron chi connectivity index (χ0n) is 12.9. The minimum Gasteiger partial charge on any atom is -0.391 e. The molecule has 2 saturated carbocycles. The van der Waals surface area contributed by atoms with Crippen molar-refractivity contribution < 1.29 is 14.6 Å². The molecule has 0 aromatic rings. The lowest BCUT2D eigenvalue weighted by Gasteiger charge is -2.39. The van der Waals surface area contributed by atoms with Crippen LogP contribution < -0.4 is 0 Å². The number of hydrogen-bond donors (Lipinski definition) is 1. The van der Waals surface area contributed by atoms with Crippen LogP contribution in [0.1, 0.15) is 44.9 Å². The van der Waals surface area contributed by atoms with E-state index in [9.17, 15) is 9.90 Å². The van der Waals surface area contributed by atoms with Crippen molar-refractivity contribution >= 4 is 5.91 Å². The van der Waals surface area contributed by atoms with E-state index in [0.717, 1.165) is 58.3 Å². The van der Waals surface area contributed by atoms with Crippen molar-refractivity contribution in [1.82, 2.24) is 9.80 Å². The molecule has 5 nitrogen and oxygen atoms in total. The van der Waals surface area contributed by atoms with Gasteiger partial charge in [0, 0.05) is 32.2 Å². The Morgan fingerprint density at radius 3 is 2.33 bits per heavy atom. The average molecular weight is 296 g/mol. The van der Waals surface area contributed by atoms with Crippen molar-refractivity contribution in [3.8, 4) is 0 Å². The topological polar surface area (TPSA) is 53.0 Å². The van der Waals surface area contributed by atoms with Gasteiger partial charge in [-0.25, -0.2) is 0 Å². The molecule has 0 aromatic heterocycles. The molecular formula is C16H28N2O3. The normalized spacial score (nSPS) is 32.0. The van der Waals surface area contributed by atoms with Crippen molar-refractivity contribution in [2.45, 2.75) is 63.2 Å². The highest BCUT2D eigenvalue weighted by atomic mass is 16.5. The molecule has 3 rings (SSSR count). The van der Waals surface area contributed by atoms with Crippen LogP contribution in [0.25, 0.3) is 0 Å². The van der Waals surface area contributed by atoms with Gasteiger partial charge in [-0.3, -0.25) is 9.69 Å². The number of ether oxygens (including phenoxy) is 1. The van der Waals surface area contributed by atoms with Crippen LogP contribution in [0.2, 0.25) is 0 Å². The first kappa shape index (κ1) is 15.3. The first-order valence-electron chi connectivity index (χ1n) is 8.55. The van der Waals surface area contributed by atoms with E-state index in [2.05, 4.69) is 4.90 Å². The Morgan fingerprint density at radius 2 is 1.71 bits per heavy atom. The predicted molar refractivity (Wildman–Crippen MR) is 80.0 cm³/mol. The Balaban J connectivity index is 1.39. The Bertz CT molecular complexity index is 349.